The first-order chi connectivity index (χ1) is 13.9. The normalized spacial score (nSPS) is 16.2. The summed E-state index contributed by atoms with van der Waals surface area (Å²) in [7, 11) is 0. The van der Waals surface area contributed by atoms with Gasteiger partial charge in [-0.3, -0.25) is 9.69 Å². The number of morpholine rings is 1. The van der Waals surface area contributed by atoms with Crippen molar-refractivity contribution in [3.63, 3.8) is 0 Å². The lowest BCUT2D eigenvalue weighted by atomic mass is 10.0. The number of carbonyl (C=O) groups excluding carboxylic acids is 1. The number of hydrogen-bond donors (Lipinski definition) is 1. The Morgan fingerprint density at radius 2 is 1.86 bits per heavy atom. The van der Waals surface area contributed by atoms with Crippen LogP contribution < -0.4 is 5.32 Å². The molecule has 1 aromatic carbocycles. The van der Waals surface area contributed by atoms with Crippen LogP contribution in [0.15, 0.2) is 24.3 Å². The van der Waals surface area contributed by atoms with Gasteiger partial charge in [0.05, 0.1) is 35.9 Å². The summed E-state index contributed by atoms with van der Waals surface area (Å²) in [5, 5.41) is 7.63. The first-order valence-electron chi connectivity index (χ1n) is 10.3. The summed E-state index contributed by atoms with van der Waals surface area (Å²) >= 11 is 0. The van der Waals surface area contributed by atoms with Crippen LogP contribution in [0.4, 0.5) is 4.39 Å². The maximum absolute atomic E-state index is 13.2. The monoisotopic (exact) mass is 402 g/mol. The van der Waals surface area contributed by atoms with Gasteiger partial charge in [0.1, 0.15) is 5.82 Å². The summed E-state index contributed by atoms with van der Waals surface area (Å²) in [6.07, 6.45) is 1.02. The number of rotatable bonds is 7. The molecule has 1 aliphatic heterocycles. The largest absolute Gasteiger partial charge is 0.379 e. The third-order valence-electron chi connectivity index (χ3n) is 5.39. The molecule has 7 heteroatoms. The molecule has 0 spiro atoms. The molecule has 29 heavy (non-hydrogen) atoms. The highest BCUT2D eigenvalue weighted by Crippen LogP contribution is 2.19. The Morgan fingerprint density at radius 1 is 1.21 bits per heavy atom. The molecule has 1 unspecified atom stereocenters. The fourth-order valence-corrected chi connectivity index (χ4v) is 3.95. The van der Waals surface area contributed by atoms with Gasteiger partial charge in [0.2, 0.25) is 0 Å². The van der Waals surface area contributed by atoms with Crippen molar-refractivity contribution in [2.24, 2.45) is 5.92 Å². The van der Waals surface area contributed by atoms with E-state index in [1.54, 1.807) is 16.8 Å². The Hall–Kier alpha value is -2.25. The molecule has 6 nitrogen and oxygen atoms in total. The quantitative estimate of drug-likeness (QED) is 0.773. The first kappa shape index (κ1) is 21.5. The van der Waals surface area contributed by atoms with E-state index in [1.165, 1.54) is 12.1 Å². The van der Waals surface area contributed by atoms with E-state index in [2.05, 4.69) is 29.2 Å². The Balaban J connectivity index is 1.73. The van der Waals surface area contributed by atoms with E-state index in [0.717, 1.165) is 44.1 Å². The fraction of sp³-hybridized carbons (Fsp3) is 0.545. The van der Waals surface area contributed by atoms with E-state index in [4.69, 9.17) is 4.74 Å². The van der Waals surface area contributed by atoms with Crippen molar-refractivity contribution in [3.8, 4) is 5.69 Å². The Bertz CT molecular complexity index is 826. The van der Waals surface area contributed by atoms with Crippen LogP contribution in [0.1, 0.15) is 42.0 Å². The highest BCUT2D eigenvalue weighted by molar-refractivity contribution is 5.96. The van der Waals surface area contributed by atoms with E-state index >= 15 is 0 Å². The SMILES string of the molecule is Cc1nn(-c2ccc(F)cc2)c(C)c1C(=O)NCC(CC(C)C)N1CCOCC1. The van der Waals surface area contributed by atoms with Gasteiger partial charge < -0.3 is 10.1 Å². The third-order valence-corrected chi connectivity index (χ3v) is 5.39. The molecule has 0 aliphatic carbocycles. The number of halogens is 1. The number of nitrogens with one attached hydrogen (secondary N) is 1. The molecular weight excluding hydrogens is 371 g/mol. The molecule has 2 aromatic rings. The minimum absolute atomic E-state index is 0.115. The Morgan fingerprint density at radius 3 is 2.48 bits per heavy atom. The van der Waals surface area contributed by atoms with Crippen LogP contribution in [0.3, 0.4) is 0 Å². The molecule has 0 radical (unpaired) electrons. The van der Waals surface area contributed by atoms with Crippen LogP contribution in [-0.4, -0.2) is 59.5 Å². The Labute approximate surface area is 172 Å². The summed E-state index contributed by atoms with van der Waals surface area (Å²) in [5.41, 5.74) is 2.73. The zero-order valence-corrected chi connectivity index (χ0v) is 17.7. The topological polar surface area (TPSA) is 59.4 Å². The molecule has 158 valence electrons. The predicted octanol–water partition coefficient (Wildman–Crippen LogP) is 3.10. The molecule has 1 N–H and O–H groups in total. The molecule has 1 fully saturated rings. The van der Waals surface area contributed by atoms with Gasteiger partial charge in [-0.15, -0.1) is 0 Å². The van der Waals surface area contributed by atoms with Gasteiger partial charge in [-0.25, -0.2) is 9.07 Å². The van der Waals surface area contributed by atoms with Crippen LogP contribution in [-0.2, 0) is 4.74 Å². The smallest absolute Gasteiger partial charge is 0.255 e. The number of aromatic nitrogens is 2. The average molecular weight is 403 g/mol. The van der Waals surface area contributed by atoms with E-state index in [0.29, 0.717) is 23.7 Å². The highest BCUT2D eigenvalue weighted by Gasteiger charge is 2.24. The average Bonchev–Trinajstić information content (AvgIpc) is 3.00. The van der Waals surface area contributed by atoms with Crippen LogP contribution in [0.2, 0.25) is 0 Å². The summed E-state index contributed by atoms with van der Waals surface area (Å²) in [6, 6.07) is 6.39. The van der Waals surface area contributed by atoms with Crippen molar-refractivity contribution < 1.29 is 13.9 Å². The summed E-state index contributed by atoms with van der Waals surface area (Å²) < 4.78 is 20.4. The molecule has 0 saturated carbocycles. The molecule has 1 amide bonds. The molecule has 1 aliphatic rings. The molecule has 0 bridgehead atoms. The third kappa shape index (κ3) is 5.22. The van der Waals surface area contributed by atoms with Gasteiger partial charge in [-0.1, -0.05) is 13.8 Å². The lowest BCUT2D eigenvalue weighted by Gasteiger charge is -2.35. The number of hydrogen-bond acceptors (Lipinski definition) is 4. The molecule has 1 saturated heterocycles. The highest BCUT2D eigenvalue weighted by atomic mass is 19.1. The van der Waals surface area contributed by atoms with Gasteiger partial charge in [0.15, 0.2) is 0 Å². The predicted molar refractivity (Wildman–Crippen MR) is 111 cm³/mol. The molecule has 2 heterocycles. The zero-order valence-electron chi connectivity index (χ0n) is 17.7. The van der Waals surface area contributed by atoms with Gasteiger partial charge in [0, 0.05) is 25.7 Å². The first-order valence-corrected chi connectivity index (χ1v) is 10.3. The number of nitrogens with zero attached hydrogens (tertiary/aromatic N) is 3. The number of benzene rings is 1. The minimum atomic E-state index is -0.299. The second kappa shape index (κ2) is 9.50. The summed E-state index contributed by atoms with van der Waals surface area (Å²) in [6.45, 7) is 12.0. The summed E-state index contributed by atoms with van der Waals surface area (Å²) in [5.74, 6) is 0.132. The maximum atomic E-state index is 13.2. The van der Waals surface area contributed by atoms with Crippen LogP contribution in [0.5, 0.6) is 0 Å². The van der Waals surface area contributed by atoms with Crippen LogP contribution >= 0.6 is 0 Å². The van der Waals surface area contributed by atoms with Crippen molar-refractivity contribution in [1.29, 1.82) is 0 Å². The van der Waals surface area contributed by atoms with Crippen LogP contribution in [0, 0.1) is 25.6 Å². The number of carbonyl (C=O) groups is 1. The van der Waals surface area contributed by atoms with E-state index in [9.17, 15) is 9.18 Å². The van der Waals surface area contributed by atoms with Crippen LogP contribution in [0.25, 0.3) is 5.69 Å². The van der Waals surface area contributed by atoms with Gasteiger partial charge >= 0.3 is 0 Å². The van der Waals surface area contributed by atoms with E-state index in [1.807, 2.05) is 13.8 Å². The molecular formula is C22H31FN4O2. The molecule has 3 rings (SSSR count). The lowest BCUT2D eigenvalue weighted by molar-refractivity contribution is 0.0124. The van der Waals surface area contributed by atoms with Gasteiger partial charge in [-0.05, 0) is 50.5 Å². The van der Waals surface area contributed by atoms with E-state index < -0.39 is 0 Å². The number of amides is 1. The molecule has 1 aromatic heterocycles. The number of aryl methyl sites for hydroxylation is 1. The Kier molecular flexibility index (Phi) is 7.03. The van der Waals surface area contributed by atoms with Crippen molar-refractivity contribution in [1.82, 2.24) is 20.0 Å². The fourth-order valence-electron chi connectivity index (χ4n) is 3.95. The van der Waals surface area contributed by atoms with Gasteiger partial charge in [0.25, 0.3) is 5.91 Å². The summed E-state index contributed by atoms with van der Waals surface area (Å²) in [4.78, 5) is 15.4. The second-order valence-corrected chi connectivity index (χ2v) is 8.08. The zero-order chi connectivity index (χ0) is 21.0. The van der Waals surface area contributed by atoms with Crippen molar-refractivity contribution >= 4 is 5.91 Å². The van der Waals surface area contributed by atoms with Crippen molar-refractivity contribution in [2.45, 2.75) is 40.2 Å². The van der Waals surface area contributed by atoms with Crippen molar-refractivity contribution in [3.05, 3.63) is 47.0 Å². The minimum Gasteiger partial charge on any atom is -0.379 e. The maximum Gasteiger partial charge on any atom is 0.255 e. The standard InChI is InChI=1S/C22H31FN4O2/c1-15(2)13-20(26-9-11-29-12-10-26)14-24-22(28)21-16(3)25-27(17(21)4)19-7-5-18(23)6-8-19/h5-8,15,20H,9-14H2,1-4H3,(H,24,28). The van der Waals surface area contributed by atoms with E-state index in [-0.39, 0.29) is 17.8 Å². The lowest BCUT2D eigenvalue weighted by Crippen LogP contribution is -2.49. The molecule has 1 atom stereocenters. The number of ether oxygens (including phenoxy) is 1. The van der Waals surface area contributed by atoms with Crippen molar-refractivity contribution in [2.75, 3.05) is 32.8 Å². The second-order valence-electron chi connectivity index (χ2n) is 8.08. The van der Waals surface area contributed by atoms with Gasteiger partial charge in [-0.2, -0.15) is 5.10 Å².